The van der Waals surface area contributed by atoms with Crippen LogP contribution in [0, 0.1) is 5.92 Å². The number of nitrogens with zero attached hydrogens (tertiary/aromatic N) is 3. The number of carbonyl (C=O) groups is 2. The van der Waals surface area contributed by atoms with E-state index in [0.717, 1.165) is 38.9 Å². The zero-order valence-electron chi connectivity index (χ0n) is 16.9. The minimum absolute atomic E-state index is 0.221. The minimum atomic E-state index is -5.08. The zero-order chi connectivity index (χ0) is 22.4. The van der Waals surface area contributed by atoms with Crippen molar-refractivity contribution in [1.29, 1.82) is 0 Å². The summed E-state index contributed by atoms with van der Waals surface area (Å²) in [4.78, 5) is 25.3. The van der Waals surface area contributed by atoms with Crippen LogP contribution in [0.1, 0.15) is 38.5 Å². The quantitative estimate of drug-likeness (QED) is 0.647. The van der Waals surface area contributed by atoms with E-state index < -0.39 is 22.2 Å². The molecule has 0 unspecified atom stereocenters. The Bertz CT molecular complexity index is 692. The fourth-order valence-electron chi connectivity index (χ4n) is 3.59. The van der Waals surface area contributed by atoms with Crippen LogP contribution in [0.15, 0.2) is 0 Å². The standard InChI is InChI=1S/C16H29N3O3S.C2HF3O2/c20-16(15-5-6-15)18-10-3-11-19(13-12-18)23(21,22)14-4-9-17-7-1-2-8-17;3-2(4,5)1(6)7/h15H,1-14H2;(H,6,7). The van der Waals surface area contributed by atoms with Crippen molar-refractivity contribution in [2.24, 2.45) is 5.92 Å². The molecule has 1 aliphatic carbocycles. The van der Waals surface area contributed by atoms with E-state index >= 15 is 0 Å². The second-order valence-corrected chi connectivity index (χ2v) is 9.96. The molecule has 12 heteroatoms. The molecule has 3 rings (SSSR count). The molecule has 8 nitrogen and oxygen atoms in total. The molecule has 2 aliphatic heterocycles. The predicted molar refractivity (Wildman–Crippen MR) is 103 cm³/mol. The summed E-state index contributed by atoms with van der Waals surface area (Å²) in [6.45, 7) is 5.39. The molecule has 3 fully saturated rings. The lowest BCUT2D eigenvalue weighted by molar-refractivity contribution is -0.192. The Hall–Kier alpha value is -1.40. The maximum Gasteiger partial charge on any atom is 0.490 e. The van der Waals surface area contributed by atoms with Gasteiger partial charge in [0, 0.05) is 32.1 Å². The van der Waals surface area contributed by atoms with Crippen LogP contribution in [0.5, 0.6) is 0 Å². The van der Waals surface area contributed by atoms with Crippen molar-refractivity contribution in [2.45, 2.75) is 44.7 Å². The van der Waals surface area contributed by atoms with Crippen molar-refractivity contribution in [3.8, 4) is 0 Å². The largest absolute Gasteiger partial charge is 0.490 e. The summed E-state index contributed by atoms with van der Waals surface area (Å²) in [6.07, 6.45) is 0.878. The lowest BCUT2D eigenvalue weighted by Gasteiger charge is -2.22. The summed E-state index contributed by atoms with van der Waals surface area (Å²) >= 11 is 0. The molecule has 1 saturated carbocycles. The minimum Gasteiger partial charge on any atom is -0.475 e. The number of likely N-dealkylation sites (tertiary alicyclic amines) is 1. The van der Waals surface area contributed by atoms with Crippen molar-refractivity contribution in [3.05, 3.63) is 0 Å². The van der Waals surface area contributed by atoms with E-state index in [4.69, 9.17) is 9.90 Å². The van der Waals surface area contributed by atoms with E-state index in [2.05, 4.69) is 4.90 Å². The summed E-state index contributed by atoms with van der Waals surface area (Å²) in [7, 11) is -3.18. The number of carboxylic acids is 1. The Morgan fingerprint density at radius 2 is 1.53 bits per heavy atom. The van der Waals surface area contributed by atoms with Gasteiger partial charge in [-0.25, -0.2) is 17.5 Å². The second kappa shape index (κ2) is 10.8. The molecule has 0 bridgehead atoms. The summed E-state index contributed by atoms with van der Waals surface area (Å²) in [6, 6.07) is 0. The maximum absolute atomic E-state index is 12.5. The fourth-order valence-corrected chi connectivity index (χ4v) is 5.11. The van der Waals surface area contributed by atoms with Crippen molar-refractivity contribution < 1.29 is 36.3 Å². The Morgan fingerprint density at radius 1 is 0.933 bits per heavy atom. The first-order chi connectivity index (χ1) is 14.0. The first kappa shape index (κ1) is 24.9. The Kier molecular flexibility index (Phi) is 8.92. The van der Waals surface area contributed by atoms with Gasteiger partial charge in [0.2, 0.25) is 15.9 Å². The number of amides is 1. The van der Waals surface area contributed by atoms with Gasteiger partial charge in [0.1, 0.15) is 0 Å². The van der Waals surface area contributed by atoms with E-state index in [0.29, 0.717) is 32.6 Å². The molecule has 0 radical (unpaired) electrons. The van der Waals surface area contributed by atoms with Crippen LogP contribution in [0.3, 0.4) is 0 Å². The Morgan fingerprint density at radius 3 is 2.07 bits per heavy atom. The molecule has 0 atom stereocenters. The average Bonchev–Trinajstić information content (AvgIpc) is 3.43. The number of hydrogen-bond acceptors (Lipinski definition) is 5. The highest BCUT2D eigenvalue weighted by Gasteiger charge is 2.38. The summed E-state index contributed by atoms with van der Waals surface area (Å²) in [5.74, 6) is -2.07. The van der Waals surface area contributed by atoms with Gasteiger partial charge in [-0.1, -0.05) is 0 Å². The average molecular weight is 458 g/mol. The predicted octanol–water partition coefficient (Wildman–Crippen LogP) is 1.38. The van der Waals surface area contributed by atoms with Crippen molar-refractivity contribution >= 4 is 21.9 Å². The lowest BCUT2D eigenvalue weighted by atomic mass is 10.3. The third-order valence-electron chi connectivity index (χ3n) is 5.40. The molecule has 2 heterocycles. The Labute approximate surface area is 175 Å². The summed E-state index contributed by atoms with van der Waals surface area (Å²) < 4.78 is 58.4. The number of alkyl halides is 3. The van der Waals surface area contributed by atoms with Gasteiger partial charge in [-0.05, 0) is 58.2 Å². The highest BCUT2D eigenvalue weighted by Crippen LogP contribution is 2.31. The third kappa shape index (κ3) is 8.03. The van der Waals surface area contributed by atoms with Crippen LogP contribution >= 0.6 is 0 Å². The smallest absolute Gasteiger partial charge is 0.475 e. The molecule has 0 spiro atoms. The normalized spacial score (nSPS) is 21.6. The number of rotatable bonds is 6. The molecule has 2 saturated heterocycles. The van der Waals surface area contributed by atoms with E-state index in [9.17, 15) is 26.4 Å². The SMILES string of the molecule is O=C(C1CC1)N1CCCN(S(=O)(=O)CCCN2CCCC2)CC1.O=C(O)C(F)(F)F. The molecule has 3 aliphatic rings. The van der Waals surface area contributed by atoms with Crippen LogP contribution in [0.2, 0.25) is 0 Å². The highest BCUT2D eigenvalue weighted by atomic mass is 32.2. The van der Waals surface area contributed by atoms with Gasteiger partial charge < -0.3 is 14.9 Å². The molecule has 30 heavy (non-hydrogen) atoms. The molecule has 174 valence electrons. The molecule has 0 aromatic rings. The van der Waals surface area contributed by atoms with Crippen LogP contribution in [-0.2, 0) is 19.6 Å². The lowest BCUT2D eigenvalue weighted by Crippen LogP contribution is -2.39. The van der Waals surface area contributed by atoms with Crippen molar-refractivity contribution in [3.63, 3.8) is 0 Å². The number of halogens is 3. The van der Waals surface area contributed by atoms with Gasteiger partial charge >= 0.3 is 12.1 Å². The van der Waals surface area contributed by atoms with E-state index in [1.54, 1.807) is 4.31 Å². The second-order valence-electron chi connectivity index (χ2n) is 7.87. The van der Waals surface area contributed by atoms with Gasteiger partial charge in [-0.3, -0.25) is 4.79 Å². The van der Waals surface area contributed by atoms with Gasteiger partial charge in [0.25, 0.3) is 0 Å². The van der Waals surface area contributed by atoms with Gasteiger partial charge in [0.05, 0.1) is 5.75 Å². The topological polar surface area (TPSA) is 98.2 Å². The summed E-state index contributed by atoms with van der Waals surface area (Å²) in [5.41, 5.74) is 0. The molecule has 1 N–H and O–H groups in total. The molecule has 1 amide bonds. The molecular weight excluding hydrogens is 427 g/mol. The monoisotopic (exact) mass is 457 g/mol. The first-order valence-corrected chi connectivity index (χ1v) is 11.9. The number of aliphatic carboxylic acids is 1. The number of carbonyl (C=O) groups excluding carboxylic acids is 1. The van der Waals surface area contributed by atoms with Gasteiger partial charge in [-0.15, -0.1) is 0 Å². The number of hydrogen-bond donors (Lipinski definition) is 1. The highest BCUT2D eigenvalue weighted by molar-refractivity contribution is 7.89. The molecular formula is C18H30F3N3O5S. The van der Waals surface area contributed by atoms with Crippen LogP contribution in [0.25, 0.3) is 0 Å². The molecule has 0 aromatic carbocycles. The van der Waals surface area contributed by atoms with Crippen LogP contribution < -0.4 is 0 Å². The number of carboxylic acid groups (broad SMARTS) is 1. The summed E-state index contributed by atoms with van der Waals surface area (Å²) in [5, 5.41) is 7.12. The van der Waals surface area contributed by atoms with Gasteiger partial charge in [-0.2, -0.15) is 13.2 Å². The first-order valence-electron chi connectivity index (χ1n) is 10.3. The number of sulfonamides is 1. The third-order valence-corrected chi connectivity index (χ3v) is 7.36. The molecule has 0 aromatic heterocycles. The fraction of sp³-hybridized carbons (Fsp3) is 0.889. The van der Waals surface area contributed by atoms with Crippen molar-refractivity contribution in [2.75, 3.05) is 51.6 Å². The van der Waals surface area contributed by atoms with Crippen molar-refractivity contribution in [1.82, 2.24) is 14.1 Å². The van der Waals surface area contributed by atoms with E-state index in [1.807, 2.05) is 4.90 Å². The Balaban J connectivity index is 0.000000396. The van der Waals surface area contributed by atoms with Gasteiger partial charge in [0.15, 0.2) is 0 Å². The van der Waals surface area contributed by atoms with E-state index in [-0.39, 0.29) is 17.6 Å². The van der Waals surface area contributed by atoms with E-state index in [1.165, 1.54) is 12.8 Å². The van der Waals surface area contributed by atoms with Crippen LogP contribution in [0.4, 0.5) is 13.2 Å². The zero-order valence-corrected chi connectivity index (χ0v) is 17.8. The maximum atomic E-state index is 12.5. The van der Waals surface area contributed by atoms with Crippen LogP contribution in [-0.4, -0.2) is 97.2 Å².